The summed E-state index contributed by atoms with van der Waals surface area (Å²) in [6.45, 7) is 3.20. The Morgan fingerprint density at radius 3 is 1.03 bits per heavy atom. The minimum atomic E-state index is -0.773. The Hall–Kier alpha value is -0.660. The maximum Gasteiger partial charge on any atom is 0.306 e. The second-order valence-electron chi connectivity index (χ2n) is 7.58. The van der Waals surface area contributed by atoms with Crippen LogP contribution >= 0.6 is 37.9 Å². The van der Waals surface area contributed by atoms with Gasteiger partial charge in [0.1, 0.15) is 19.8 Å². The smallest absolute Gasteiger partial charge is 0.306 e. The van der Waals surface area contributed by atoms with Crippen molar-refractivity contribution in [1.82, 2.24) is 0 Å². The third-order valence-corrected chi connectivity index (χ3v) is 5.74. The van der Waals surface area contributed by atoms with E-state index in [1.807, 2.05) is 13.8 Å². The minimum Gasteiger partial charge on any atom is -0.465 e. The normalized spacial score (nSPS) is 11.3. The molecule has 0 atom stereocenters. The van der Waals surface area contributed by atoms with Gasteiger partial charge in [-0.25, -0.2) is 0 Å². The van der Waals surface area contributed by atoms with E-state index in [0.717, 1.165) is 0 Å². The highest BCUT2D eigenvalue weighted by molar-refractivity contribution is 7.80. The van der Waals surface area contributed by atoms with Crippen LogP contribution in [0.3, 0.4) is 0 Å². The van der Waals surface area contributed by atoms with Crippen LogP contribution in [-0.2, 0) is 28.6 Å². The summed E-state index contributed by atoms with van der Waals surface area (Å²) in [7, 11) is 0. The number of carbonyl (C=O) groups excluding carboxylic acids is 3. The van der Waals surface area contributed by atoms with E-state index < -0.39 is 28.7 Å². The van der Waals surface area contributed by atoms with Crippen LogP contribution in [0.25, 0.3) is 0 Å². The van der Waals surface area contributed by atoms with Gasteiger partial charge in [0.05, 0.1) is 44.5 Å². The van der Waals surface area contributed by atoms with Crippen molar-refractivity contribution in [3.05, 3.63) is 0 Å². The number of thiol groups is 3. The van der Waals surface area contributed by atoms with Crippen molar-refractivity contribution < 1.29 is 43.9 Å². The first-order valence-electron chi connectivity index (χ1n) is 10.8. The first kappa shape index (κ1) is 34.5. The molecule has 0 amide bonds. The third kappa shape index (κ3) is 15.8. The van der Waals surface area contributed by atoms with Gasteiger partial charge >= 0.3 is 17.9 Å². The van der Waals surface area contributed by atoms with Gasteiger partial charge in [-0.1, -0.05) is 13.8 Å². The lowest BCUT2D eigenvalue weighted by atomic mass is 9.88. The molecule has 33 heavy (non-hydrogen) atoms. The summed E-state index contributed by atoms with van der Waals surface area (Å²) in [6.07, 6.45) is 1.64. The average molecular weight is 533 g/mol. The number of hydrogen-bond acceptors (Lipinski definition) is 12. The Bertz CT molecular complexity index is 471. The minimum absolute atomic E-state index is 0.00157. The van der Waals surface area contributed by atoms with Gasteiger partial charge in [0.2, 0.25) is 0 Å². The summed E-state index contributed by atoms with van der Waals surface area (Å²) in [4.78, 5) is 34.7. The number of ether oxygens (including phenoxy) is 3. The van der Waals surface area contributed by atoms with E-state index in [1.165, 1.54) is 0 Å². The molecule has 0 heterocycles. The Kier molecular flexibility index (Phi) is 21.6. The van der Waals surface area contributed by atoms with Gasteiger partial charge in [-0.05, 0) is 12.8 Å². The van der Waals surface area contributed by atoms with E-state index in [2.05, 4.69) is 37.9 Å². The predicted molar refractivity (Wildman–Crippen MR) is 135 cm³/mol. The number of aliphatic hydroxyl groups excluding tert-OH is 3. The fourth-order valence-electron chi connectivity index (χ4n) is 2.11. The molecule has 0 radical (unpaired) electrons. The van der Waals surface area contributed by atoms with Crippen molar-refractivity contribution in [3.8, 4) is 0 Å². The van der Waals surface area contributed by atoms with Crippen LogP contribution in [0.5, 0.6) is 0 Å². The Labute approximate surface area is 213 Å². The number of rotatable bonds is 17. The molecule has 12 heteroatoms. The van der Waals surface area contributed by atoms with Crippen LogP contribution in [0.15, 0.2) is 0 Å². The molecular formula is C21H40O9S3. The van der Waals surface area contributed by atoms with Crippen molar-refractivity contribution in [2.45, 2.75) is 46.0 Å². The first-order valence-corrected chi connectivity index (χ1v) is 12.7. The molecule has 0 bridgehead atoms. The molecule has 0 aliphatic carbocycles. The molecule has 0 unspecified atom stereocenters. The quantitative estimate of drug-likeness (QED) is 0.0930. The second-order valence-corrected chi connectivity index (χ2v) is 8.93. The summed E-state index contributed by atoms with van der Waals surface area (Å²) in [6, 6.07) is 0. The van der Waals surface area contributed by atoms with Crippen LogP contribution < -0.4 is 0 Å². The van der Waals surface area contributed by atoms with Gasteiger partial charge in [0.25, 0.3) is 0 Å². The van der Waals surface area contributed by atoms with E-state index in [0.29, 0.717) is 30.1 Å². The lowest BCUT2D eigenvalue weighted by Crippen LogP contribution is -2.39. The SMILES string of the molecule is CCC(CO)(CO)CO.CCC(COC(=O)CCS)(COC(=O)CCS)COC(=O)CCS. The van der Waals surface area contributed by atoms with Crippen molar-refractivity contribution in [2.75, 3.05) is 56.9 Å². The average Bonchev–Trinajstić information content (AvgIpc) is 2.82. The Morgan fingerprint density at radius 2 is 0.879 bits per heavy atom. The van der Waals surface area contributed by atoms with Gasteiger partial charge in [0, 0.05) is 22.7 Å². The van der Waals surface area contributed by atoms with Crippen LogP contribution in [0.1, 0.15) is 46.0 Å². The van der Waals surface area contributed by atoms with Crippen LogP contribution in [0.2, 0.25) is 0 Å². The lowest BCUT2D eigenvalue weighted by molar-refractivity contribution is -0.161. The summed E-state index contributed by atoms with van der Waals surface area (Å²) in [5.41, 5.74) is -1.44. The summed E-state index contributed by atoms with van der Waals surface area (Å²) < 4.78 is 15.7. The van der Waals surface area contributed by atoms with Gasteiger partial charge in [-0.15, -0.1) is 0 Å². The van der Waals surface area contributed by atoms with E-state index >= 15 is 0 Å². The summed E-state index contributed by atoms with van der Waals surface area (Å²) in [5, 5.41) is 26.0. The molecule has 0 aliphatic heterocycles. The van der Waals surface area contributed by atoms with Gasteiger partial charge < -0.3 is 29.5 Å². The van der Waals surface area contributed by atoms with E-state index in [9.17, 15) is 14.4 Å². The number of esters is 3. The molecule has 9 nitrogen and oxygen atoms in total. The monoisotopic (exact) mass is 532 g/mol. The number of aliphatic hydroxyl groups is 3. The van der Waals surface area contributed by atoms with Crippen molar-refractivity contribution in [2.24, 2.45) is 10.8 Å². The van der Waals surface area contributed by atoms with E-state index in [-0.39, 0.29) is 58.9 Å². The van der Waals surface area contributed by atoms with Gasteiger partial charge in [-0.2, -0.15) is 37.9 Å². The van der Waals surface area contributed by atoms with Crippen molar-refractivity contribution in [3.63, 3.8) is 0 Å². The van der Waals surface area contributed by atoms with Crippen LogP contribution in [0.4, 0.5) is 0 Å². The molecule has 0 spiro atoms. The molecule has 196 valence electrons. The molecule has 0 aromatic carbocycles. The highest BCUT2D eigenvalue weighted by atomic mass is 32.1. The predicted octanol–water partition coefficient (Wildman–Crippen LogP) is 1.33. The zero-order chi connectivity index (χ0) is 25.8. The fourth-order valence-corrected chi connectivity index (χ4v) is 2.66. The first-order chi connectivity index (χ1) is 15.7. The molecule has 0 aromatic heterocycles. The summed E-state index contributed by atoms with van der Waals surface area (Å²) >= 11 is 11.9. The highest BCUT2D eigenvalue weighted by Gasteiger charge is 2.34. The van der Waals surface area contributed by atoms with E-state index in [1.54, 1.807) is 0 Å². The molecule has 0 fully saturated rings. The Morgan fingerprint density at radius 1 is 0.606 bits per heavy atom. The van der Waals surface area contributed by atoms with E-state index in [4.69, 9.17) is 29.5 Å². The number of hydrogen-bond donors (Lipinski definition) is 6. The molecule has 0 rings (SSSR count). The number of carbonyl (C=O) groups is 3. The standard InChI is InChI=1S/C15H26O6S3.C6H14O3/c1-2-15(9-19-12(16)3-6-22,10-20-13(17)4-7-23)11-21-14(18)5-8-24;1-2-6(3-7,4-8)5-9/h22-24H,2-11H2,1H3;7-9H,2-5H2,1H3. The highest BCUT2D eigenvalue weighted by Crippen LogP contribution is 2.25. The third-order valence-electron chi connectivity index (χ3n) is 5.07. The zero-order valence-electron chi connectivity index (χ0n) is 19.5. The zero-order valence-corrected chi connectivity index (χ0v) is 22.2. The molecule has 3 N–H and O–H groups in total. The molecule has 0 aromatic rings. The van der Waals surface area contributed by atoms with Crippen molar-refractivity contribution >= 4 is 55.8 Å². The largest absolute Gasteiger partial charge is 0.465 e. The molecule has 0 saturated carbocycles. The topological polar surface area (TPSA) is 140 Å². The van der Waals surface area contributed by atoms with Gasteiger partial charge in [0.15, 0.2) is 0 Å². The van der Waals surface area contributed by atoms with Crippen LogP contribution in [-0.4, -0.2) is 90.1 Å². The van der Waals surface area contributed by atoms with Crippen molar-refractivity contribution in [1.29, 1.82) is 0 Å². The lowest BCUT2D eigenvalue weighted by Gasteiger charge is -2.31. The molecular weight excluding hydrogens is 492 g/mol. The maximum absolute atomic E-state index is 11.6. The molecule has 0 saturated heterocycles. The summed E-state index contributed by atoms with van der Waals surface area (Å²) in [5.74, 6) is -0.0488. The molecule has 0 aliphatic rings. The van der Waals surface area contributed by atoms with Gasteiger partial charge in [-0.3, -0.25) is 14.4 Å². The van der Waals surface area contributed by atoms with Crippen LogP contribution in [0, 0.1) is 10.8 Å². The fraction of sp³-hybridized carbons (Fsp3) is 0.857. The second kappa shape index (κ2) is 20.7. The Balaban J connectivity index is 0. The maximum atomic E-state index is 11.6.